The molecule has 0 atom stereocenters. The van der Waals surface area contributed by atoms with Crippen molar-refractivity contribution >= 4 is 23.4 Å². The molecule has 5 nitrogen and oxygen atoms in total. The Balaban J connectivity index is 1.27. The highest BCUT2D eigenvalue weighted by Gasteiger charge is 2.17. The summed E-state index contributed by atoms with van der Waals surface area (Å²) in [6, 6.07) is 14.5. The van der Waals surface area contributed by atoms with E-state index in [9.17, 15) is 9.18 Å². The number of nitrogens with one attached hydrogen (secondary N) is 1. The zero-order valence-corrected chi connectivity index (χ0v) is 17.6. The van der Waals surface area contributed by atoms with Crippen LogP contribution in [-0.2, 0) is 4.79 Å². The maximum Gasteiger partial charge on any atom is 0.220 e. The zero-order valence-electron chi connectivity index (χ0n) is 16.8. The van der Waals surface area contributed by atoms with E-state index in [-0.39, 0.29) is 11.7 Å². The first kappa shape index (κ1) is 21.5. The Morgan fingerprint density at radius 1 is 1.07 bits per heavy atom. The number of benzene rings is 2. The highest BCUT2D eigenvalue weighted by molar-refractivity contribution is 7.99. The molecular formula is C22H28FN3O2S. The third-order valence-electron chi connectivity index (χ3n) is 4.97. The van der Waals surface area contributed by atoms with E-state index in [0.29, 0.717) is 13.0 Å². The Labute approximate surface area is 176 Å². The molecule has 1 aliphatic rings. The van der Waals surface area contributed by atoms with Gasteiger partial charge in [-0.2, -0.15) is 0 Å². The summed E-state index contributed by atoms with van der Waals surface area (Å²) in [5.41, 5.74) is 1.06. The summed E-state index contributed by atoms with van der Waals surface area (Å²) < 4.78 is 18.2. The van der Waals surface area contributed by atoms with Crippen LogP contribution in [0.5, 0.6) is 5.75 Å². The number of anilines is 1. The Bertz CT molecular complexity index is 763. The van der Waals surface area contributed by atoms with Gasteiger partial charge in [0.1, 0.15) is 11.6 Å². The minimum Gasteiger partial charge on any atom is -0.497 e. The van der Waals surface area contributed by atoms with Crippen LogP contribution in [-0.4, -0.2) is 62.9 Å². The molecule has 1 fully saturated rings. The van der Waals surface area contributed by atoms with Gasteiger partial charge in [-0.15, -0.1) is 11.8 Å². The van der Waals surface area contributed by atoms with Crippen molar-refractivity contribution in [2.75, 3.05) is 57.0 Å². The summed E-state index contributed by atoms with van der Waals surface area (Å²) in [6.07, 6.45) is 0.509. The first-order valence-corrected chi connectivity index (χ1v) is 10.9. The van der Waals surface area contributed by atoms with Crippen LogP contribution in [0.4, 0.5) is 10.1 Å². The molecule has 3 rings (SSSR count). The van der Waals surface area contributed by atoms with Crippen molar-refractivity contribution in [3.05, 3.63) is 54.3 Å². The lowest BCUT2D eigenvalue weighted by Crippen LogP contribution is -2.48. The number of rotatable bonds is 9. The molecule has 0 saturated carbocycles. The van der Waals surface area contributed by atoms with Gasteiger partial charge in [-0.1, -0.05) is 0 Å². The number of halogens is 1. The fraction of sp³-hybridized carbons (Fsp3) is 0.409. The average Bonchev–Trinajstić information content (AvgIpc) is 2.75. The van der Waals surface area contributed by atoms with Crippen molar-refractivity contribution < 1.29 is 13.9 Å². The summed E-state index contributed by atoms with van der Waals surface area (Å²) >= 11 is 1.67. The molecule has 0 spiro atoms. The normalized spacial score (nSPS) is 14.6. The molecule has 2 aromatic carbocycles. The van der Waals surface area contributed by atoms with Gasteiger partial charge in [-0.05, 0) is 48.5 Å². The summed E-state index contributed by atoms with van der Waals surface area (Å²) in [7, 11) is 1.65. The number of hydrogen-bond donors (Lipinski definition) is 1. The number of carbonyl (C=O) groups excluding carboxylic acids is 1. The average molecular weight is 418 g/mol. The van der Waals surface area contributed by atoms with Crippen LogP contribution < -0.4 is 15.0 Å². The van der Waals surface area contributed by atoms with E-state index in [2.05, 4.69) is 15.1 Å². The number of carbonyl (C=O) groups is 1. The van der Waals surface area contributed by atoms with E-state index in [1.807, 2.05) is 36.4 Å². The SMILES string of the molecule is COc1ccc(SCCC(=O)NCCN2CCN(c3ccc(F)cc3)CC2)cc1. The molecule has 0 aromatic heterocycles. The summed E-state index contributed by atoms with van der Waals surface area (Å²) in [6.45, 7) is 5.24. The highest BCUT2D eigenvalue weighted by atomic mass is 32.2. The summed E-state index contributed by atoms with van der Waals surface area (Å²) in [5, 5.41) is 3.01. The van der Waals surface area contributed by atoms with Crippen molar-refractivity contribution in [2.45, 2.75) is 11.3 Å². The van der Waals surface area contributed by atoms with Crippen LogP contribution in [0.3, 0.4) is 0 Å². The number of thioether (sulfide) groups is 1. The van der Waals surface area contributed by atoms with Gasteiger partial charge in [0.2, 0.25) is 5.91 Å². The molecule has 2 aromatic rings. The van der Waals surface area contributed by atoms with E-state index in [1.54, 1.807) is 18.9 Å². The van der Waals surface area contributed by atoms with Gasteiger partial charge >= 0.3 is 0 Å². The van der Waals surface area contributed by atoms with Crippen LogP contribution in [0.2, 0.25) is 0 Å². The van der Waals surface area contributed by atoms with E-state index < -0.39 is 0 Å². The Kier molecular flexibility index (Phi) is 8.19. The molecular weight excluding hydrogens is 389 g/mol. The topological polar surface area (TPSA) is 44.8 Å². The molecule has 1 heterocycles. The second-order valence-electron chi connectivity index (χ2n) is 6.93. The molecule has 1 N–H and O–H groups in total. The molecule has 1 amide bonds. The van der Waals surface area contributed by atoms with Gasteiger partial charge in [0.25, 0.3) is 0 Å². The van der Waals surface area contributed by atoms with Crippen LogP contribution in [0.1, 0.15) is 6.42 Å². The lowest BCUT2D eigenvalue weighted by Gasteiger charge is -2.36. The quantitative estimate of drug-likeness (QED) is 0.635. The molecule has 29 heavy (non-hydrogen) atoms. The molecule has 156 valence electrons. The molecule has 1 aliphatic heterocycles. The molecule has 1 saturated heterocycles. The second-order valence-corrected chi connectivity index (χ2v) is 8.10. The van der Waals surface area contributed by atoms with E-state index in [4.69, 9.17) is 4.74 Å². The number of piperazine rings is 1. The minimum absolute atomic E-state index is 0.0935. The molecule has 0 unspecified atom stereocenters. The molecule has 7 heteroatoms. The Morgan fingerprint density at radius 2 is 1.76 bits per heavy atom. The summed E-state index contributed by atoms with van der Waals surface area (Å²) in [5.74, 6) is 1.49. The van der Waals surface area contributed by atoms with E-state index in [0.717, 1.165) is 54.8 Å². The number of ether oxygens (including phenoxy) is 1. The van der Waals surface area contributed by atoms with Crippen molar-refractivity contribution in [3.8, 4) is 5.75 Å². The number of methoxy groups -OCH3 is 1. The fourth-order valence-electron chi connectivity index (χ4n) is 3.26. The number of amides is 1. The predicted molar refractivity (Wildman–Crippen MR) is 116 cm³/mol. The van der Waals surface area contributed by atoms with Crippen molar-refractivity contribution in [1.82, 2.24) is 10.2 Å². The predicted octanol–water partition coefficient (Wildman–Crippen LogP) is 3.25. The second kappa shape index (κ2) is 11.1. The van der Waals surface area contributed by atoms with Gasteiger partial charge in [0, 0.05) is 62.0 Å². The van der Waals surface area contributed by atoms with Crippen molar-refractivity contribution in [3.63, 3.8) is 0 Å². The Hall–Kier alpha value is -2.25. The number of hydrogen-bond acceptors (Lipinski definition) is 5. The van der Waals surface area contributed by atoms with Gasteiger partial charge < -0.3 is 15.0 Å². The third-order valence-corrected chi connectivity index (χ3v) is 5.99. The largest absolute Gasteiger partial charge is 0.497 e. The monoisotopic (exact) mass is 417 g/mol. The van der Waals surface area contributed by atoms with Crippen LogP contribution in [0, 0.1) is 5.82 Å². The summed E-state index contributed by atoms with van der Waals surface area (Å²) in [4.78, 5) is 17.8. The maximum absolute atomic E-state index is 13.0. The first-order chi connectivity index (χ1) is 14.1. The van der Waals surface area contributed by atoms with Crippen LogP contribution in [0.15, 0.2) is 53.4 Å². The third kappa shape index (κ3) is 6.94. The Morgan fingerprint density at radius 3 is 2.41 bits per heavy atom. The zero-order chi connectivity index (χ0) is 20.5. The minimum atomic E-state index is -0.203. The van der Waals surface area contributed by atoms with Gasteiger partial charge in [-0.3, -0.25) is 9.69 Å². The molecule has 0 aliphatic carbocycles. The van der Waals surface area contributed by atoms with Crippen LogP contribution in [0.25, 0.3) is 0 Å². The van der Waals surface area contributed by atoms with Gasteiger partial charge in [0.05, 0.1) is 7.11 Å². The standard InChI is InChI=1S/C22H28FN3O2S/c1-28-20-6-8-21(9-7-20)29-17-10-22(27)24-11-12-25-13-15-26(16-14-25)19-4-2-18(23)3-5-19/h2-9H,10-17H2,1H3,(H,24,27). The number of nitrogens with zero attached hydrogens (tertiary/aromatic N) is 2. The van der Waals surface area contributed by atoms with Gasteiger partial charge in [-0.25, -0.2) is 4.39 Å². The van der Waals surface area contributed by atoms with E-state index in [1.165, 1.54) is 12.1 Å². The highest BCUT2D eigenvalue weighted by Crippen LogP contribution is 2.21. The van der Waals surface area contributed by atoms with Crippen molar-refractivity contribution in [2.24, 2.45) is 0 Å². The smallest absolute Gasteiger partial charge is 0.220 e. The maximum atomic E-state index is 13.0. The van der Waals surface area contributed by atoms with Gasteiger partial charge in [0.15, 0.2) is 0 Å². The van der Waals surface area contributed by atoms with E-state index >= 15 is 0 Å². The molecule has 0 radical (unpaired) electrons. The van der Waals surface area contributed by atoms with Crippen molar-refractivity contribution in [1.29, 1.82) is 0 Å². The fourth-order valence-corrected chi connectivity index (χ4v) is 4.11. The first-order valence-electron chi connectivity index (χ1n) is 9.90. The molecule has 0 bridgehead atoms. The lowest BCUT2D eigenvalue weighted by molar-refractivity contribution is -0.120. The lowest BCUT2D eigenvalue weighted by atomic mass is 10.2. The van der Waals surface area contributed by atoms with Crippen LogP contribution >= 0.6 is 11.8 Å².